The van der Waals surface area contributed by atoms with Crippen molar-refractivity contribution in [2.45, 2.75) is 32.6 Å². The number of nitrogens with zero attached hydrogens (tertiary/aromatic N) is 2. The summed E-state index contributed by atoms with van der Waals surface area (Å²) in [6.07, 6.45) is 0.739. The first-order valence-electron chi connectivity index (χ1n) is 6.92. The number of hydrogen-bond donors (Lipinski definition) is 3. The van der Waals surface area contributed by atoms with Crippen LogP contribution in [0, 0.1) is 0 Å². The van der Waals surface area contributed by atoms with Crippen LogP contribution in [0.2, 0.25) is 0 Å². The van der Waals surface area contributed by atoms with E-state index in [4.69, 9.17) is 5.73 Å². The normalized spacial score (nSPS) is 11.4. The Balaban J connectivity index is 1.87. The van der Waals surface area contributed by atoms with Crippen LogP contribution in [0.25, 0.3) is 0 Å². The number of amides is 1. The highest BCUT2D eigenvalue weighted by molar-refractivity contribution is 5.90. The van der Waals surface area contributed by atoms with Crippen molar-refractivity contribution >= 4 is 11.6 Å². The Bertz CT molecular complexity index is 610. The van der Waals surface area contributed by atoms with Crippen LogP contribution in [0.3, 0.4) is 0 Å². The predicted octanol–water partition coefficient (Wildman–Crippen LogP) is 1.66. The summed E-state index contributed by atoms with van der Waals surface area (Å²) in [5, 5.41) is 9.57. The highest BCUT2D eigenvalue weighted by atomic mass is 16.2. The number of carbonyl (C=O) groups excluding carboxylic acids is 1. The number of aromatic nitrogens is 3. The van der Waals surface area contributed by atoms with Gasteiger partial charge in [0.1, 0.15) is 5.82 Å². The van der Waals surface area contributed by atoms with E-state index in [9.17, 15) is 4.79 Å². The number of nitrogens with two attached hydrogens (primary N) is 1. The highest BCUT2D eigenvalue weighted by Crippen LogP contribution is 2.17. The second kappa shape index (κ2) is 5.95. The molecule has 6 heteroatoms. The van der Waals surface area contributed by atoms with E-state index in [-0.39, 0.29) is 17.1 Å². The standard InChI is InChI=1S/C15H21N5O/c1-15(2,3)14-18-12(19-20-14)13(21)17-9-8-10-4-6-11(16)7-5-10/h4-7H,8-9,16H2,1-3H3,(H,17,21)(H,18,19,20). The second-order valence-electron chi connectivity index (χ2n) is 6.01. The molecule has 2 aromatic rings. The van der Waals surface area contributed by atoms with Crippen LogP contribution < -0.4 is 11.1 Å². The lowest BCUT2D eigenvalue weighted by atomic mass is 9.96. The van der Waals surface area contributed by atoms with E-state index in [1.807, 2.05) is 45.0 Å². The summed E-state index contributed by atoms with van der Waals surface area (Å²) in [4.78, 5) is 16.2. The number of carbonyl (C=O) groups is 1. The third-order valence-corrected chi connectivity index (χ3v) is 3.08. The smallest absolute Gasteiger partial charge is 0.290 e. The molecule has 1 aromatic carbocycles. The molecule has 1 heterocycles. The molecule has 1 amide bonds. The molecule has 4 N–H and O–H groups in total. The zero-order chi connectivity index (χ0) is 15.5. The molecule has 0 aliphatic heterocycles. The van der Waals surface area contributed by atoms with Gasteiger partial charge in [0, 0.05) is 17.6 Å². The minimum Gasteiger partial charge on any atom is -0.399 e. The Hall–Kier alpha value is -2.37. The predicted molar refractivity (Wildman–Crippen MR) is 82.0 cm³/mol. The maximum atomic E-state index is 12.0. The van der Waals surface area contributed by atoms with Gasteiger partial charge in [0.05, 0.1) is 0 Å². The topological polar surface area (TPSA) is 96.7 Å². The quantitative estimate of drug-likeness (QED) is 0.745. The van der Waals surface area contributed by atoms with Gasteiger partial charge in [-0.25, -0.2) is 4.98 Å². The number of hydrogen-bond acceptors (Lipinski definition) is 4. The summed E-state index contributed by atoms with van der Waals surface area (Å²) in [6, 6.07) is 7.60. The maximum absolute atomic E-state index is 12.0. The number of H-pyrrole nitrogens is 1. The van der Waals surface area contributed by atoms with E-state index in [0.717, 1.165) is 17.7 Å². The minimum atomic E-state index is -0.266. The van der Waals surface area contributed by atoms with E-state index in [1.54, 1.807) is 0 Å². The Morgan fingerprint density at radius 2 is 1.95 bits per heavy atom. The lowest BCUT2D eigenvalue weighted by molar-refractivity contribution is 0.0944. The number of anilines is 1. The molecule has 21 heavy (non-hydrogen) atoms. The van der Waals surface area contributed by atoms with Crippen LogP contribution in [0.15, 0.2) is 24.3 Å². The van der Waals surface area contributed by atoms with Gasteiger partial charge in [0.2, 0.25) is 5.82 Å². The summed E-state index contributed by atoms with van der Waals surface area (Å²) < 4.78 is 0. The Morgan fingerprint density at radius 1 is 1.29 bits per heavy atom. The maximum Gasteiger partial charge on any atom is 0.290 e. The van der Waals surface area contributed by atoms with Crippen molar-refractivity contribution in [3.63, 3.8) is 0 Å². The van der Waals surface area contributed by atoms with Crippen LogP contribution in [-0.2, 0) is 11.8 Å². The summed E-state index contributed by atoms with van der Waals surface area (Å²) in [5.74, 6) is 0.612. The molecule has 6 nitrogen and oxygen atoms in total. The SMILES string of the molecule is CC(C)(C)c1nc(C(=O)NCCc2ccc(N)cc2)n[nH]1. The van der Waals surface area contributed by atoms with Gasteiger partial charge in [0.15, 0.2) is 0 Å². The fraction of sp³-hybridized carbons (Fsp3) is 0.400. The van der Waals surface area contributed by atoms with Crippen LogP contribution in [0.5, 0.6) is 0 Å². The molecule has 0 unspecified atom stereocenters. The van der Waals surface area contributed by atoms with E-state index < -0.39 is 0 Å². The van der Waals surface area contributed by atoms with Gasteiger partial charge in [0.25, 0.3) is 5.91 Å². The largest absolute Gasteiger partial charge is 0.399 e. The minimum absolute atomic E-state index is 0.157. The molecule has 0 saturated carbocycles. The zero-order valence-corrected chi connectivity index (χ0v) is 12.6. The van der Waals surface area contributed by atoms with Crippen LogP contribution in [0.4, 0.5) is 5.69 Å². The molecule has 0 spiro atoms. The van der Waals surface area contributed by atoms with E-state index >= 15 is 0 Å². The monoisotopic (exact) mass is 287 g/mol. The first-order chi connectivity index (χ1) is 9.86. The molecule has 1 aromatic heterocycles. The van der Waals surface area contributed by atoms with Gasteiger partial charge in [-0.15, -0.1) is 5.10 Å². The van der Waals surface area contributed by atoms with Crippen molar-refractivity contribution in [1.29, 1.82) is 0 Å². The van der Waals surface area contributed by atoms with E-state index in [0.29, 0.717) is 12.4 Å². The number of aromatic amines is 1. The molecule has 0 saturated heterocycles. The van der Waals surface area contributed by atoms with Gasteiger partial charge in [-0.1, -0.05) is 32.9 Å². The summed E-state index contributed by atoms with van der Waals surface area (Å²) in [7, 11) is 0. The highest BCUT2D eigenvalue weighted by Gasteiger charge is 2.20. The van der Waals surface area contributed by atoms with Crippen molar-refractivity contribution in [2.24, 2.45) is 0 Å². The molecular formula is C15H21N5O. The molecule has 0 aliphatic rings. The lowest BCUT2D eigenvalue weighted by Crippen LogP contribution is -2.27. The molecule has 0 atom stereocenters. The number of nitrogen functional groups attached to an aromatic ring is 1. The fourth-order valence-electron chi connectivity index (χ4n) is 1.78. The van der Waals surface area contributed by atoms with Gasteiger partial charge >= 0.3 is 0 Å². The van der Waals surface area contributed by atoms with Gasteiger partial charge in [-0.05, 0) is 24.1 Å². The molecule has 0 bridgehead atoms. The molecule has 0 aliphatic carbocycles. The molecule has 112 valence electrons. The van der Waals surface area contributed by atoms with Crippen molar-refractivity contribution in [1.82, 2.24) is 20.5 Å². The van der Waals surface area contributed by atoms with Gasteiger partial charge < -0.3 is 11.1 Å². The van der Waals surface area contributed by atoms with Gasteiger partial charge in [-0.3, -0.25) is 9.89 Å². The first-order valence-corrected chi connectivity index (χ1v) is 6.92. The van der Waals surface area contributed by atoms with Crippen molar-refractivity contribution < 1.29 is 4.79 Å². The lowest BCUT2D eigenvalue weighted by Gasteiger charge is -2.12. The Morgan fingerprint density at radius 3 is 2.52 bits per heavy atom. The third kappa shape index (κ3) is 4.05. The Kier molecular flexibility index (Phi) is 4.26. The van der Waals surface area contributed by atoms with Crippen LogP contribution in [-0.4, -0.2) is 27.6 Å². The van der Waals surface area contributed by atoms with Crippen LogP contribution in [0.1, 0.15) is 42.8 Å². The van der Waals surface area contributed by atoms with Crippen molar-refractivity contribution in [3.8, 4) is 0 Å². The third-order valence-electron chi connectivity index (χ3n) is 3.08. The van der Waals surface area contributed by atoms with Crippen molar-refractivity contribution in [3.05, 3.63) is 41.5 Å². The summed E-state index contributed by atoms with van der Waals surface area (Å²) in [5.41, 5.74) is 7.32. The molecule has 0 radical (unpaired) electrons. The van der Waals surface area contributed by atoms with Crippen LogP contribution >= 0.6 is 0 Å². The first kappa shape index (κ1) is 15.0. The number of benzene rings is 1. The molecule has 0 fully saturated rings. The van der Waals surface area contributed by atoms with E-state index in [1.165, 1.54) is 0 Å². The summed E-state index contributed by atoms with van der Waals surface area (Å²) >= 11 is 0. The molecular weight excluding hydrogens is 266 g/mol. The van der Waals surface area contributed by atoms with E-state index in [2.05, 4.69) is 20.5 Å². The van der Waals surface area contributed by atoms with Gasteiger partial charge in [-0.2, -0.15) is 0 Å². The van der Waals surface area contributed by atoms with Crippen molar-refractivity contribution in [2.75, 3.05) is 12.3 Å². The molecule has 2 rings (SSSR count). The Labute approximate surface area is 124 Å². The summed E-state index contributed by atoms with van der Waals surface area (Å²) in [6.45, 7) is 6.56. The fourth-order valence-corrected chi connectivity index (χ4v) is 1.78. The number of nitrogens with one attached hydrogen (secondary N) is 2. The second-order valence-corrected chi connectivity index (χ2v) is 6.01. The zero-order valence-electron chi connectivity index (χ0n) is 12.6. The average molecular weight is 287 g/mol. The average Bonchev–Trinajstić information content (AvgIpc) is 2.90. The number of rotatable bonds is 4.